The summed E-state index contributed by atoms with van der Waals surface area (Å²) in [5, 5.41) is 20.7. The Kier molecular flexibility index (Phi) is 3.59. The molecule has 3 rings (SSSR count). The summed E-state index contributed by atoms with van der Waals surface area (Å²) < 4.78 is 5.54. The first-order valence-corrected chi connectivity index (χ1v) is 6.83. The lowest BCUT2D eigenvalue weighted by Gasteiger charge is -2.15. The largest absolute Gasteiger partial charge is 0.453 e. The van der Waals surface area contributed by atoms with Crippen LogP contribution in [-0.4, -0.2) is 11.0 Å². The van der Waals surface area contributed by atoms with Crippen molar-refractivity contribution in [3.63, 3.8) is 0 Å². The monoisotopic (exact) mass is 320 g/mol. The van der Waals surface area contributed by atoms with Gasteiger partial charge in [-0.2, -0.15) is 0 Å². The zero-order valence-electron chi connectivity index (χ0n) is 10.7. The van der Waals surface area contributed by atoms with Crippen LogP contribution in [0.5, 0.6) is 0 Å². The second kappa shape index (κ2) is 5.41. The quantitative estimate of drug-likeness (QED) is 0.398. The summed E-state index contributed by atoms with van der Waals surface area (Å²) in [5.41, 5.74) is 0.977. The molecule has 0 saturated carbocycles. The molecular weight excluding hydrogens is 311 g/mol. The van der Waals surface area contributed by atoms with Gasteiger partial charge < -0.3 is 4.42 Å². The van der Waals surface area contributed by atoms with Crippen LogP contribution in [-0.2, 0) is 0 Å². The third-order valence-corrected chi connectivity index (χ3v) is 3.45. The van der Waals surface area contributed by atoms with Gasteiger partial charge in [-0.15, -0.1) is 0 Å². The van der Waals surface area contributed by atoms with E-state index in [1.54, 1.807) is 48.5 Å². The number of furan rings is 1. The smallest absolute Gasteiger partial charge is 0.193 e. The maximum absolute atomic E-state index is 10.1. The fourth-order valence-corrected chi connectivity index (χ4v) is 2.34. The predicted octanol–water partition coefficient (Wildman–Crippen LogP) is 4.96. The zero-order valence-corrected chi connectivity index (χ0v) is 12.2. The number of anilines is 1. The molecule has 1 aromatic heterocycles. The van der Waals surface area contributed by atoms with E-state index in [2.05, 4.69) is 0 Å². The summed E-state index contributed by atoms with van der Waals surface area (Å²) >= 11 is 11.8. The molecule has 0 aliphatic carbocycles. The Balaban J connectivity index is 1.96. The molecule has 0 bridgehead atoms. The van der Waals surface area contributed by atoms with Crippen molar-refractivity contribution < 1.29 is 9.62 Å². The Labute approximate surface area is 130 Å². The minimum Gasteiger partial charge on any atom is -0.453 e. The van der Waals surface area contributed by atoms with Gasteiger partial charge in [-0.3, -0.25) is 10.6 Å². The van der Waals surface area contributed by atoms with Crippen molar-refractivity contribution in [3.8, 4) is 0 Å². The second-order valence-electron chi connectivity index (χ2n) is 4.43. The van der Waals surface area contributed by atoms with Crippen LogP contribution >= 0.6 is 23.2 Å². The summed E-state index contributed by atoms with van der Waals surface area (Å²) in [6, 6.07) is 13.4. The van der Waals surface area contributed by atoms with Gasteiger partial charge in [0.1, 0.15) is 5.58 Å². The number of rotatable bonds is 2. The van der Waals surface area contributed by atoms with Gasteiger partial charge in [0.2, 0.25) is 0 Å². The summed E-state index contributed by atoms with van der Waals surface area (Å²) in [5.74, 6) is 0.0410. The van der Waals surface area contributed by atoms with Gasteiger partial charge in [-0.25, -0.2) is 5.06 Å². The van der Waals surface area contributed by atoms with Crippen molar-refractivity contribution in [2.24, 2.45) is 0 Å². The normalized spacial score (nSPS) is 10.8. The number of hydrogen-bond acceptors (Lipinski definition) is 3. The number of benzene rings is 2. The molecule has 0 fully saturated rings. The molecule has 0 atom stereocenters. The molecule has 0 aliphatic heterocycles. The van der Waals surface area contributed by atoms with Gasteiger partial charge in [0, 0.05) is 15.4 Å². The SMILES string of the molecule is N=C(c1cc2cc(Cl)ccc2o1)N(O)c1cccc(Cl)c1. The van der Waals surface area contributed by atoms with E-state index in [4.69, 9.17) is 33.0 Å². The molecule has 3 aromatic rings. The molecule has 0 unspecified atom stereocenters. The average Bonchev–Trinajstić information content (AvgIpc) is 2.88. The number of nitrogens with one attached hydrogen (secondary N) is 1. The van der Waals surface area contributed by atoms with E-state index >= 15 is 0 Å². The first kappa shape index (κ1) is 13.9. The lowest BCUT2D eigenvalue weighted by molar-refractivity contribution is 0.309. The van der Waals surface area contributed by atoms with Gasteiger partial charge in [0.15, 0.2) is 11.6 Å². The molecule has 0 amide bonds. The highest BCUT2D eigenvalue weighted by atomic mass is 35.5. The van der Waals surface area contributed by atoms with E-state index in [9.17, 15) is 5.21 Å². The molecule has 21 heavy (non-hydrogen) atoms. The Morgan fingerprint density at radius 3 is 2.57 bits per heavy atom. The highest BCUT2D eigenvalue weighted by molar-refractivity contribution is 6.31. The third kappa shape index (κ3) is 2.74. The molecule has 0 radical (unpaired) electrons. The highest BCUT2D eigenvalue weighted by Crippen LogP contribution is 2.25. The van der Waals surface area contributed by atoms with Crippen LogP contribution in [0.2, 0.25) is 10.0 Å². The molecule has 0 aliphatic rings. The van der Waals surface area contributed by atoms with Crippen LogP contribution in [0, 0.1) is 5.41 Å². The van der Waals surface area contributed by atoms with Crippen LogP contribution in [0.3, 0.4) is 0 Å². The Hall–Kier alpha value is -2.01. The van der Waals surface area contributed by atoms with Crippen molar-refractivity contribution in [2.75, 3.05) is 5.06 Å². The minimum atomic E-state index is -0.190. The first-order valence-electron chi connectivity index (χ1n) is 6.07. The van der Waals surface area contributed by atoms with Gasteiger partial charge >= 0.3 is 0 Å². The fourth-order valence-electron chi connectivity index (χ4n) is 1.97. The average molecular weight is 321 g/mol. The van der Waals surface area contributed by atoms with Crippen LogP contribution in [0.4, 0.5) is 5.69 Å². The summed E-state index contributed by atoms with van der Waals surface area (Å²) in [6.45, 7) is 0. The van der Waals surface area contributed by atoms with E-state index in [0.717, 1.165) is 5.39 Å². The van der Waals surface area contributed by atoms with E-state index < -0.39 is 0 Å². The van der Waals surface area contributed by atoms with Crippen molar-refractivity contribution in [1.82, 2.24) is 0 Å². The second-order valence-corrected chi connectivity index (χ2v) is 5.31. The molecule has 0 spiro atoms. The van der Waals surface area contributed by atoms with Crippen molar-refractivity contribution in [3.05, 3.63) is 64.3 Å². The van der Waals surface area contributed by atoms with Crippen LogP contribution in [0.15, 0.2) is 52.9 Å². The first-order chi connectivity index (χ1) is 10.0. The van der Waals surface area contributed by atoms with E-state index in [1.807, 2.05) is 0 Å². The number of hydrogen-bond donors (Lipinski definition) is 2. The Bertz CT molecular complexity index is 829. The Morgan fingerprint density at radius 2 is 1.81 bits per heavy atom. The zero-order chi connectivity index (χ0) is 15.0. The minimum absolute atomic E-state index is 0.190. The molecule has 1 heterocycles. The lowest BCUT2D eigenvalue weighted by atomic mass is 10.2. The number of hydroxylamine groups is 1. The number of nitrogens with zero attached hydrogens (tertiary/aromatic N) is 1. The molecular formula is C15H10Cl2N2O2. The molecule has 0 saturated heterocycles. The predicted molar refractivity (Wildman–Crippen MR) is 83.8 cm³/mol. The van der Waals surface area contributed by atoms with Gasteiger partial charge in [-0.05, 0) is 42.5 Å². The fraction of sp³-hybridized carbons (Fsp3) is 0. The van der Waals surface area contributed by atoms with Crippen molar-refractivity contribution in [2.45, 2.75) is 0 Å². The molecule has 106 valence electrons. The van der Waals surface area contributed by atoms with Gasteiger partial charge in [0.05, 0.1) is 5.69 Å². The lowest BCUT2D eigenvalue weighted by Crippen LogP contribution is -2.26. The van der Waals surface area contributed by atoms with Crippen molar-refractivity contribution >= 4 is 45.7 Å². The van der Waals surface area contributed by atoms with Crippen LogP contribution < -0.4 is 5.06 Å². The van der Waals surface area contributed by atoms with Gasteiger partial charge in [-0.1, -0.05) is 29.3 Å². The maximum atomic E-state index is 10.1. The highest BCUT2D eigenvalue weighted by Gasteiger charge is 2.16. The van der Waals surface area contributed by atoms with E-state index in [1.165, 1.54) is 0 Å². The molecule has 6 heteroatoms. The number of halogens is 2. The van der Waals surface area contributed by atoms with Crippen molar-refractivity contribution in [1.29, 1.82) is 5.41 Å². The van der Waals surface area contributed by atoms with E-state index in [0.29, 0.717) is 26.4 Å². The van der Waals surface area contributed by atoms with E-state index in [-0.39, 0.29) is 11.6 Å². The standard InChI is InChI=1S/C15H10Cl2N2O2/c16-10-2-1-3-12(8-10)19(20)15(18)14-7-9-6-11(17)4-5-13(9)21-14/h1-8,18,20H. The molecule has 4 nitrogen and oxygen atoms in total. The molecule has 2 aromatic carbocycles. The van der Waals surface area contributed by atoms with Gasteiger partial charge in [0.25, 0.3) is 0 Å². The summed E-state index contributed by atoms with van der Waals surface area (Å²) in [4.78, 5) is 0. The summed E-state index contributed by atoms with van der Waals surface area (Å²) in [7, 11) is 0. The Morgan fingerprint density at radius 1 is 1.05 bits per heavy atom. The van der Waals surface area contributed by atoms with Crippen LogP contribution in [0.1, 0.15) is 5.76 Å². The topological polar surface area (TPSA) is 60.5 Å². The summed E-state index contributed by atoms with van der Waals surface area (Å²) in [6.07, 6.45) is 0. The molecule has 2 N–H and O–H groups in total. The number of amidine groups is 1. The maximum Gasteiger partial charge on any atom is 0.193 e. The van der Waals surface area contributed by atoms with Crippen LogP contribution in [0.25, 0.3) is 11.0 Å². The number of fused-ring (bicyclic) bond motifs is 1. The third-order valence-electron chi connectivity index (χ3n) is 2.98.